The van der Waals surface area contributed by atoms with Crippen molar-refractivity contribution in [2.75, 3.05) is 31.4 Å². The molecule has 7 nitrogen and oxygen atoms in total. The van der Waals surface area contributed by atoms with Crippen LogP contribution in [0.25, 0.3) is 0 Å². The first-order valence-corrected chi connectivity index (χ1v) is 10.2. The molecular formula is C17H23N3O4S. The number of anilines is 1. The minimum atomic E-state index is -3.05. The van der Waals surface area contributed by atoms with Crippen molar-refractivity contribution in [3.63, 3.8) is 0 Å². The maximum absolute atomic E-state index is 11.4. The second-order valence-electron chi connectivity index (χ2n) is 6.67. The van der Waals surface area contributed by atoms with E-state index in [4.69, 9.17) is 9.26 Å². The summed E-state index contributed by atoms with van der Waals surface area (Å²) < 4.78 is 33.7. The van der Waals surface area contributed by atoms with Crippen LogP contribution >= 0.6 is 0 Å². The van der Waals surface area contributed by atoms with Gasteiger partial charge in [-0.05, 0) is 18.6 Å². The maximum atomic E-state index is 11.4. The highest BCUT2D eigenvalue weighted by molar-refractivity contribution is 7.89. The van der Waals surface area contributed by atoms with E-state index in [1.807, 2.05) is 25.1 Å². The third-order valence-electron chi connectivity index (χ3n) is 4.39. The second kappa shape index (κ2) is 7.13. The Kier molecular flexibility index (Phi) is 5.10. The molecule has 2 unspecified atom stereocenters. The molecule has 2 aromatic heterocycles. The van der Waals surface area contributed by atoms with Gasteiger partial charge in [0.15, 0.2) is 9.84 Å². The SMILES string of the molecule is COC1CN(c2ccc(CS(C)(=O)=O)cn2)CC1Cc1cc(C)no1. The van der Waals surface area contributed by atoms with Gasteiger partial charge in [0.25, 0.3) is 0 Å². The highest BCUT2D eigenvalue weighted by atomic mass is 32.2. The molecule has 0 bridgehead atoms. The van der Waals surface area contributed by atoms with Crippen molar-refractivity contribution in [1.29, 1.82) is 0 Å². The molecule has 3 heterocycles. The van der Waals surface area contributed by atoms with Gasteiger partial charge in [0.1, 0.15) is 11.6 Å². The smallest absolute Gasteiger partial charge is 0.151 e. The molecule has 0 radical (unpaired) electrons. The molecule has 0 amide bonds. The first-order valence-electron chi connectivity index (χ1n) is 8.16. The van der Waals surface area contributed by atoms with Gasteiger partial charge in [-0.1, -0.05) is 11.2 Å². The largest absolute Gasteiger partial charge is 0.379 e. The molecule has 0 aromatic carbocycles. The van der Waals surface area contributed by atoms with E-state index in [0.717, 1.165) is 36.8 Å². The lowest BCUT2D eigenvalue weighted by molar-refractivity contribution is 0.0813. The average Bonchev–Trinajstić information content (AvgIpc) is 3.13. The standard InChI is InChI=1S/C17H23N3O4S/c1-12-6-15(24-19-12)7-14-9-20(10-16(14)23-2)17-5-4-13(8-18-17)11-25(3,21)22/h4-6,8,14,16H,7,9-11H2,1-3H3. The quantitative estimate of drug-likeness (QED) is 0.769. The van der Waals surface area contributed by atoms with Gasteiger partial charge < -0.3 is 14.2 Å². The summed E-state index contributed by atoms with van der Waals surface area (Å²) in [5.74, 6) is 1.99. The normalized spacial score (nSPS) is 21.0. The Bertz CT molecular complexity index is 817. The zero-order valence-corrected chi connectivity index (χ0v) is 15.5. The predicted molar refractivity (Wildman–Crippen MR) is 94.2 cm³/mol. The number of rotatable bonds is 6. The number of sulfone groups is 1. The van der Waals surface area contributed by atoms with Crippen molar-refractivity contribution in [1.82, 2.24) is 10.1 Å². The predicted octanol–water partition coefficient (Wildman–Crippen LogP) is 1.62. The monoisotopic (exact) mass is 365 g/mol. The third-order valence-corrected chi connectivity index (χ3v) is 5.24. The van der Waals surface area contributed by atoms with E-state index < -0.39 is 9.84 Å². The van der Waals surface area contributed by atoms with Crippen LogP contribution in [0.5, 0.6) is 0 Å². The van der Waals surface area contributed by atoms with Crippen LogP contribution in [0, 0.1) is 12.8 Å². The summed E-state index contributed by atoms with van der Waals surface area (Å²) in [5.41, 5.74) is 1.57. The Labute approximate surface area is 147 Å². The fraction of sp³-hybridized carbons (Fsp3) is 0.529. The summed E-state index contributed by atoms with van der Waals surface area (Å²) in [5, 5.41) is 3.93. The van der Waals surface area contributed by atoms with Crippen LogP contribution in [0.4, 0.5) is 5.82 Å². The Morgan fingerprint density at radius 2 is 2.16 bits per heavy atom. The Morgan fingerprint density at radius 3 is 2.72 bits per heavy atom. The number of methoxy groups -OCH3 is 1. The van der Waals surface area contributed by atoms with Gasteiger partial charge in [-0.15, -0.1) is 0 Å². The molecule has 25 heavy (non-hydrogen) atoms. The average molecular weight is 365 g/mol. The number of aromatic nitrogens is 2. The molecule has 0 saturated carbocycles. The zero-order chi connectivity index (χ0) is 18.0. The Hall–Kier alpha value is -1.93. The number of ether oxygens (including phenoxy) is 1. The van der Waals surface area contributed by atoms with Gasteiger partial charge in [0, 0.05) is 51.1 Å². The van der Waals surface area contributed by atoms with E-state index in [9.17, 15) is 8.42 Å². The maximum Gasteiger partial charge on any atom is 0.151 e. The highest BCUT2D eigenvalue weighted by Gasteiger charge is 2.34. The molecule has 1 fully saturated rings. The highest BCUT2D eigenvalue weighted by Crippen LogP contribution is 2.27. The fourth-order valence-corrected chi connectivity index (χ4v) is 4.03. The van der Waals surface area contributed by atoms with Gasteiger partial charge in [-0.25, -0.2) is 13.4 Å². The Morgan fingerprint density at radius 1 is 1.36 bits per heavy atom. The molecule has 3 rings (SSSR count). The lowest BCUT2D eigenvalue weighted by atomic mass is 10.0. The summed E-state index contributed by atoms with van der Waals surface area (Å²) in [6.45, 7) is 3.45. The van der Waals surface area contributed by atoms with E-state index in [0.29, 0.717) is 5.56 Å². The van der Waals surface area contributed by atoms with E-state index in [-0.39, 0.29) is 17.8 Å². The van der Waals surface area contributed by atoms with Gasteiger partial charge in [-0.3, -0.25) is 0 Å². The Balaban J connectivity index is 1.69. The molecule has 2 atom stereocenters. The van der Waals surface area contributed by atoms with Gasteiger partial charge in [0.05, 0.1) is 17.6 Å². The fourth-order valence-electron chi connectivity index (χ4n) is 3.25. The van der Waals surface area contributed by atoms with Crippen LogP contribution < -0.4 is 4.90 Å². The van der Waals surface area contributed by atoms with Crippen molar-refractivity contribution in [2.24, 2.45) is 5.92 Å². The topological polar surface area (TPSA) is 85.5 Å². The van der Waals surface area contributed by atoms with E-state index >= 15 is 0 Å². The van der Waals surface area contributed by atoms with Crippen LogP contribution in [0.2, 0.25) is 0 Å². The first-order chi connectivity index (χ1) is 11.8. The van der Waals surface area contributed by atoms with Crippen molar-refractivity contribution in [3.8, 4) is 0 Å². The van der Waals surface area contributed by atoms with E-state index in [2.05, 4.69) is 15.0 Å². The molecule has 1 saturated heterocycles. The first kappa shape index (κ1) is 17.9. The van der Waals surface area contributed by atoms with Crippen molar-refractivity contribution in [3.05, 3.63) is 41.4 Å². The van der Waals surface area contributed by atoms with Crippen LogP contribution in [0.3, 0.4) is 0 Å². The summed E-state index contributed by atoms with van der Waals surface area (Å²) in [6, 6.07) is 5.64. The van der Waals surface area contributed by atoms with Crippen LogP contribution in [-0.2, 0) is 26.7 Å². The van der Waals surface area contributed by atoms with Crippen molar-refractivity contribution in [2.45, 2.75) is 25.2 Å². The molecule has 1 aliphatic rings. The molecule has 0 N–H and O–H groups in total. The molecule has 136 valence electrons. The second-order valence-corrected chi connectivity index (χ2v) is 8.81. The molecule has 2 aromatic rings. The van der Waals surface area contributed by atoms with E-state index in [1.165, 1.54) is 6.26 Å². The molecular weight excluding hydrogens is 342 g/mol. The van der Waals surface area contributed by atoms with Crippen LogP contribution in [-0.4, -0.2) is 51.1 Å². The lowest BCUT2D eigenvalue weighted by Crippen LogP contribution is -2.23. The van der Waals surface area contributed by atoms with E-state index in [1.54, 1.807) is 13.3 Å². The minimum Gasteiger partial charge on any atom is -0.379 e. The molecule has 1 aliphatic heterocycles. The summed E-state index contributed by atoms with van der Waals surface area (Å²) in [7, 11) is -1.34. The summed E-state index contributed by atoms with van der Waals surface area (Å²) >= 11 is 0. The third kappa shape index (κ3) is 4.58. The van der Waals surface area contributed by atoms with Gasteiger partial charge >= 0.3 is 0 Å². The van der Waals surface area contributed by atoms with Crippen molar-refractivity contribution < 1.29 is 17.7 Å². The minimum absolute atomic E-state index is 0.00838. The van der Waals surface area contributed by atoms with Gasteiger partial charge in [0.2, 0.25) is 0 Å². The summed E-state index contributed by atoms with van der Waals surface area (Å²) in [6.07, 6.45) is 3.70. The lowest BCUT2D eigenvalue weighted by Gasteiger charge is -2.17. The number of hydrogen-bond acceptors (Lipinski definition) is 7. The molecule has 0 aliphatic carbocycles. The number of aryl methyl sites for hydroxylation is 1. The van der Waals surface area contributed by atoms with Crippen LogP contribution in [0.1, 0.15) is 17.0 Å². The van der Waals surface area contributed by atoms with Crippen molar-refractivity contribution >= 4 is 15.7 Å². The number of hydrogen-bond donors (Lipinski definition) is 0. The zero-order valence-electron chi connectivity index (χ0n) is 14.7. The van der Waals surface area contributed by atoms with Gasteiger partial charge in [-0.2, -0.15) is 0 Å². The van der Waals surface area contributed by atoms with Crippen LogP contribution in [0.15, 0.2) is 28.9 Å². The molecule has 0 spiro atoms. The number of pyridine rings is 1. The summed E-state index contributed by atoms with van der Waals surface area (Å²) in [4.78, 5) is 6.59. The number of nitrogens with zero attached hydrogens (tertiary/aromatic N) is 3. The molecule has 8 heteroatoms.